The van der Waals surface area contributed by atoms with Crippen LogP contribution < -0.4 is 11.5 Å². The minimum Gasteiger partial charge on any atom is -0.507 e. The van der Waals surface area contributed by atoms with Crippen molar-refractivity contribution in [1.29, 1.82) is 0 Å². The Morgan fingerprint density at radius 3 is 1.67 bits per heavy atom. The van der Waals surface area contributed by atoms with Gasteiger partial charge in [0, 0.05) is 0 Å². The van der Waals surface area contributed by atoms with Crippen molar-refractivity contribution in [2.45, 2.75) is 4.90 Å². The van der Waals surface area contributed by atoms with Crippen LogP contribution in [0, 0.1) is 0 Å². The van der Waals surface area contributed by atoms with Crippen LogP contribution in [0.5, 0.6) is 5.75 Å². The number of aromatic carboxylic acids is 1. The largest absolute Gasteiger partial charge is 0.507 e. The van der Waals surface area contributed by atoms with Crippen LogP contribution in [0.25, 0.3) is 11.1 Å². The van der Waals surface area contributed by atoms with Gasteiger partial charge in [0.25, 0.3) is 10.1 Å². The summed E-state index contributed by atoms with van der Waals surface area (Å²) in [6.45, 7) is 0. The van der Waals surface area contributed by atoms with Crippen LogP contribution in [0.15, 0.2) is 139 Å². The third-order valence-corrected chi connectivity index (χ3v) is 7.35. The number of phenols is 1. The van der Waals surface area contributed by atoms with E-state index in [1.165, 1.54) is 18.2 Å². The molecule has 15 heteroatoms. The van der Waals surface area contributed by atoms with Crippen molar-refractivity contribution < 1.29 is 28.0 Å². The maximum Gasteiger partial charge on any atom is 0.339 e. The first-order valence-electron chi connectivity index (χ1n) is 13.3. The van der Waals surface area contributed by atoms with Gasteiger partial charge in [0.15, 0.2) is 0 Å². The van der Waals surface area contributed by atoms with Crippen LogP contribution in [0.1, 0.15) is 10.4 Å². The van der Waals surface area contributed by atoms with Gasteiger partial charge in [-0.3, -0.25) is 4.55 Å². The molecular weight excluding hydrogens is 612 g/mol. The van der Waals surface area contributed by atoms with Crippen LogP contribution in [-0.4, -0.2) is 29.2 Å². The molecule has 0 aliphatic heterocycles. The molecule has 0 amide bonds. The van der Waals surface area contributed by atoms with Crippen molar-refractivity contribution in [2.24, 2.45) is 30.7 Å². The van der Waals surface area contributed by atoms with E-state index in [0.717, 1.165) is 17.2 Å². The lowest BCUT2D eigenvalue weighted by Crippen LogP contribution is -2.05. The smallest absolute Gasteiger partial charge is 0.339 e. The average molecular weight is 637 g/mol. The van der Waals surface area contributed by atoms with Crippen molar-refractivity contribution >= 4 is 61.6 Å². The summed E-state index contributed by atoms with van der Waals surface area (Å²) in [6, 6.07) is 27.6. The molecule has 0 saturated heterocycles. The van der Waals surface area contributed by atoms with E-state index in [1.54, 1.807) is 66.7 Å². The summed E-state index contributed by atoms with van der Waals surface area (Å²) in [4.78, 5) is 10.6. The molecule has 0 atom stereocenters. The number of nitrogens with two attached hydrogens (primary N) is 2. The van der Waals surface area contributed by atoms with Crippen molar-refractivity contribution in [3.8, 4) is 16.9 Å². The lowest BCUT2D eigenvalue weighted by molar-refractivity contribution is 0.0693. The van der Waals surface area contributed by atoms with Crippen LogP contribution >= 0.6 is 0 Å². The number of anilines is 2. The van der Waals surface area contributed by atoms with E-state index in [0.29, 0.717) is 17.1 Å². The third-order valence-electron chi connectivity index (χ3n) is 6.45. The molecule has 0 aromatic heterocycles. The monoisotopic (exact) mass is 636 g/mol. The minimum absolute atomic E-state index is 0.0777. The highest BCUT2D eigenvalue weighted by Gasteiger charge is 2.22. The zero-order chi connectivity index (χ0) is 32.8. The predicted molar refractivity (Wildman–Crippen MR) is 171 cm³/mol. The van der Waals surface area contributed by atoms with E-state index < -0.39 is 26.7 Å². The molecule has 0 saturated carbocycles. The Hall–Kier alpha value is -6.32. The summed E-state index contributed by atoms with van der Waals surface area (Å²) in [5, 5.41) is 43.2. The highest BCUT2D eigenvalue weighted by Crippen LogP contribution is 2.43. The number of carboxylic acids is 1. The molecule has 0 radical (unpaired) electrons. The first-order valence-corrected chi connectivity index (χ1v) is 14.7. The summed E-state index contributed by atoms with van der Waals surface area (Å²) in [5.41, 5.74) is 14.5. The van der Waals surface area contributed by atoms with Gasteiger partial charge in [0.2, 0.25) is 0 Å². The Morgan fingerprint density at radius 1 is 0.609 bits per heavy atom. The van der Waals surface area contributed by atoms with Crippen LogP contribution in [0.4, 0.5) is 45.5 Å². The summed E-state index contributed by atoms with van der Waals surface area (Å²) in [7, 11) is -4.75. The van der Waals surface area contributed by atoms with Gasteiger partial charge in [0.05, 0.1) is 34.1 Å². The van der Waals surface area contributed by atoms with Gasteiger partial charge in [-0.15, -0.1) is 10.2 Å². The summed E-state index contributed by atoms with van der Waals surface area (Å²) < 4.78 is 33.7. The molecule has 5 aromatic carbocycles. The second-order valence-corrected chi connectivity index (χ2v) is 11.0. The quantitative estimate of drug-likeness (QED) is 0.0596. The molecule has 0 unspecified atom stereocenters. The van der Waals surface area contributed by atoms with Crippen LogP contribution in [-0.2, 0) is 10.1 Å². The first-order chi connectivity index (χ1) is 22.0. The fourth-order valence-corrected chi connectivity index (χ4v) is 4.73. The number of rotatable bonds is 9. The number of carboxylic acid groups (broad SMARTS) is 1. The molecule has 5 aromatic rings. The zero-order valence-corrected chi connectivity index (χ0v) is 24.4. The lowest BCUT2D eigenvalue weighted by atomic mass is 10.1. The fourth-order valence-electron chi connectivity index (χ4n) is 4.09. The lowest BCUT2D eigenvalue weighted by Gasteiger charge is -2.10. The highest BCUT2D eigenvalue weighted by molar-refractivity contribution is 7.86. The summed E-state index contributed by atoms with van der Waals surface area (Å²) >= 11 is 0. The number of benzene rings is 5. The van der Waals surface area contributed by atoms with Gasteiger partial charge in [-0.1, -0.05) is 42.5 Å². The Bertz CT molecular complexity index is 2120. The Kier molecular flexibility index (Phi) is 8.88. The Balaban J connectivity index is 1.35. The molecule has 0 bridgehead atoms. The van der Waals surface area contributed by atoms with Crippen LogP contribution in [0.3, 0.4) is 0 Å². The van der Waals surface area contributed by atoms with Crippen molar-refractivity contribution in [2.75, 3.05) is 11.5 Å². The summed E-state index contributed by atoms with van der Waals surface area (Å²) in [6.07, 6.45) is 0. The topological polar surface area (TPSA) is 238 Å². The maximum absolute atomic E-state index is 12.0. The first kappa shape index (κ1) is 31.1. The molecule has 0 spiro atoms. The normalized spacial score (nSPS) is 11.9. The van der Waals surface area contributed by atoms with E-state index >= 15 is 0 Å². The molecule has 14 nitrogen and oxygen atoms in total. The van der Waals surface area contributed by atoms with Gasteiger partial charge < -0.3 is 21.7 Å². The fraction of sp³-hybridized carbons (Fsp3) is 0. The van der Waals surface area contributed by atoms with E-state index in [1.807, 2.05) is 12.1 Å². The number of nitrogens with zero attached hydrogens (tertiary/aromatic N) is 6. The van der Waals surface area contributed by atoms with Gasteiger partial charge in [-0.05, 0) is 71.8 Å². The molecular formula is C31H24N8O6S. The van der Waals surface area contributed by atoms with E-state index in [2.05, 4.69) is 30.7 Å². The van der Waals surface area contributed by atoms with E-state index in [9.17, 15) is 22.9 Å². The molecule has 230 valence electrons. The highest BCUT2D eigenvalue weighted by atomic mass is 32.2. The zero-order valence-electron chi connectivity index (χ0n) is 23.6. The Morgan fingerprint density at radius 2 is 1.11 bits per heavy atom. The van der Waals surface area contributed by atoms with Gasteiger partial charge >= 0.3 is 5.97 Å². The SMILES string of the molecule is Nc1c(N=Nc2ccccc2)cc(S(=O)(=O)O)c(N)c1N=Nc1ccc(-c2ccc(N=Nc3ccc(O)c(C(=O)O)c3)cc2)cc1. The van der Waals surface area contributed by atoms with Crippen molar-refractivity contribution in [3.05, 3.63) is 109 Å². The molecule has 0 fully saturated rings. The number of nitrogen functional groups attached to an aromatic ring is 2. The second-order valence-electron chi connectivity index (χ2n) is 9.58. The number of aromatic hydroxyl groups is 1. The van der Waals surface area contributed by atoms with Crippen molar-refractivity contribution in [3.63, 3.8) is 0 Å². The molecule has 46 heavy (non-hydrogen) atoms. The van der Waals surface area contributed by atoms with Gasteiger partial charge in [0.1, 0.15) is 27.6 Å². The summed E-state index contributed by atoms with van der Waals surface area (Å²) in [5.74, 6) is -1.64. The number of azo groups is 3. The molecule has 5 rings (SSSR count). The molecule has 0 aliphatic carbocycles. The molecule has 0 heterocycles. The number of carbonyl (C=O) groups is 1. The third kappa shape index (κ3) is 7.24. The van der Waals surface area contributed by atoms with Crippen LogP contribution in [0.2, 0.25) is 0 Å². The van der Waals surface area contributed by atoms with Crippen molar-refractivity contribution in [1.82, 2.24) is 0 Å². The van der Waals surface area contributed by atoms with E-state index in [4.69, 9.17) is 16.6 Å². The number of hydrogen-bond acceptors (Lipinski definition) is 12. The second kappa shape index (κ2) is 13.1. The average Bonchev–Trinajstić information content (AvgIpc) is 3.04. The number of hydrogen-bond donors (Lipinski definition) is 5. The minimum atomic E-state index is -4.75. The Labute approximate surface area is 261 Å². The van der Waals surface area contributed by atoms with E-state index in [-0.39, 0.29) is 34.1 Å². The van der Waals surface area contributed by atoms with Gasteiger partial charge in [-0.2, -0.15) is 28.9 Å². The standard InChI is InChI=1S/C31H24N8O6S/c32-28-25(38-35-20-4-2-1-3-5-20)17-27(46(43,44)45)29(33)30(28)39-36-22-12-8-19(9-13-22)18-6-10-21(11-7-18)34-37-23-14-15-26(40)24(16-23)31(41)42/h1-17,40H,32-33H2,(H,41,42)(H,43,44,45). The molecule has 7 N–H and O–H groups in total. The predicted octanol–water partition coefficient (Wildman–Crippen LogP) is 8.41. The molecule has 0 aliphatic rings. The van der Waals surface area contributed by atoms with Gasteiger partial charge in [-0.25, -0.2) is 4.79 Å². The maximum atomic E-state index is 12.0.